The van der Waals surface area contributed by atoms with Gasteiger partial charge in [0, 0.05) is 25.6 Å². The van der Waals surface area contributed by atoms with Crippen LogP contribution in [0.2, 0.25) is 0 Å². The molecule has 0 amide bonds. The Hall–Kier alpha value is -1.79. The van der Waals surface area contributed by atoms with Gasteiger partial charge in [0.25, 0.3) is 0 Å². The zero-order chi connectivity index (χ0) is 15.5. The van der Waals surface area contributed by atoms with E-state index in [4.69, 9.17) is 4.52 Å². The van der Waals surface area contributed by atoms with E-state index in [0.717, 1.165) is 31.0 Å². The molecule has 118 valence electrons. The molecule has 0 bridgehead atoms. The number of rotatable bonds is 4. The lowest BCUT2D eigenvalue weighted by Crippen LogP contribution is -2.44. The predicted octanol–water partition coefficient (Wildman–Crippen LogP) is 2.13. The van der Waals surface area contributed by atoms with Gasteiger partial charge in [-0.15, -0.1) is 0 Å². The third-order valence-corrected chi connectivity index (χ3v) is 4.12. The van der Waals surface area contributed by atoms with Gasteiger partial charge < -0.3 is 9.84 Å². The summed E-state index contributed by atoms with van der Waals surface area (Å²) in [6.07, 6.45) is 0.679. The van der Waals surface area contributed by atoms with Gasteiger partial charge in [-0.25, -0.2) is 4.39 Å². The van der Waals surface area contributed by atoms with Crippen LogP contribution >= 0.6 is 0 Å². The highest BCUT2D eigenvalue weighted by molar-refractivity contribution is 5.18. The highest BCUT2D eigenvalue weighted by Gasteiger charge is 2.26. The van der Waals surface area contributed by atoms with Gasteiger partial charge >= 0.3 is 0 Å². The molecule has 0 aliphatic carbocycles. The number of nitrogens with zero attached hydrogens (tertiary/aromatic N) is 3. The fourth-order valence-corrected chi connectivity index (χ4v) is 2.78. The zero-order valence-corrected chi connectivity index (χ0v) is 12.9. The quantitative estimate of drug-likeness (QED) is 0.938. The molecule has 1 aliphatic heterocycles. The van der Waals surface area contributed by atoms with Crippen LogP contribution in [0, 0.1) is 5.82 Å². The second kappa shape index (κ2) is 6.54. The molecular weight excluding hydrogens is 283 g/mol. The molecule has 6 heteroatoms. The van der Waals surface area contributed by atoms with Crippen molar-refractivity contribution in [1.82, 2.24) is 20.4 Å². The molecule has 1 saturated heterocycles. The number of likely N-dealkylation sites (N-methyl/N-ethyl adjacent to an activating group) is 1. The van der Waals surface area contributed by atoms with E-state index in [9.17, 15) is 4.39 Å². The maximum absolute atomic E-state index is 13.2. The van der Waals surface area contributed by atoms with Crippen LogP contribution in [0.15, 0.2) is 28.8 Å². The first-order valence-electron chi connectivity index (χ1n) is 7.62. The smallest absolute Gasteiger partial charge is 0.229 e. The number of aromatic nitrogens is 2. The van der Waals surface area contributed by atoms with E-state index < -0.39 is 0 Å². The molecule has 2 heterocycles. The first-order chi connectivity index (χ1) is 10.6. The minimum Gasteiger partial charge on any atom is -0.339 e. The predicted molar refractivity (Wildman–Crippen MR) is 81.1 cm³/mol. The van der Waals surface area contributed by atoms with Crippen LogP contribution < -0.4 is 5.32 Å². The fourth-order valence-electron chi connectivity index (χ4n) is 2.78. The van der Waals surface area contributed by atoms with E-state index in [1.165, 1.54) is 6.07 Å². The number of nitrogens with one attached hydrogen (secondary N) is 1. The van der Waals surface area contributed by atoms with Crippen molar-refractivity contribution in [2.45, 2.75) is 25.3 Å². The Bertz CT molecular complexity index is 630. The van der Waals surface area contributed by atoms with Gasteiger partial charge in [0.05, 0.1) is 6.04 Å². The van der Waals surface area contributed by atoms with Crippen molar-refractivity contribution in [2.75, 3.05) is 26.7 Å². The van der Waals surface area contributed by atoms with Gasteiger partial charge in [-0.05, 0) is 31.2 Å². The number of halogens is 1. The molecule has 0 spiro atoms. The fraction of sp³-hybridized carbons (Fsp3) is 0.500. The van der Waals surface area contributed by atoms with Crippen LogP contribution in [0.25, 0.3) is 0 Å². The Morgan fingerprint density at radius 3 is 3.14 bits per heavy atom. The Balaban J connectivity index is 1.70. The van der Waals surface area contributed by atoms with Gasteiger partial charge in [0.1, 0.15) is 5.82 Å². The van der Waals surface area contributed by atoms with Gasteiger partial charge in [-0.3, -0.25) is 4.90 Å². The maximum atomic E-state index is 13.2. The van der Waals surface area contributed by atoms with Crippen molar-refractivity contribution in [1.29, 1.82) is 0 Å². The summed E-state index contributed by atoms with van der Waals surface area (Å²) in [7, 11) is 2.07. The van der Waals surface area contributed by atoms with Gasteiger partial charge in [0.2, 0.25) is 5.89 Å². The maximum Gasteiger partial charge on any atom is 0.229 e. The second-order valence-electron chi connectivity index (χ2n) is 5.93. The van der Waals surface area contributed by atoms with E-state index in [2.05, 4.69) is 27.4 Å². The lowest BCUT2D eigenvalue weighted by molar-refractivity contribution is 0.190. The van der Waals surface area contributed by atoms with E-state index >= 15 is 0 Å². The summed E-state index contributed by atoms with van der Waals surface area (Å²) >= 11 is 0. The first-order valence-corrected chi connectivity index (χ1v) is 7.62. The molecule has 22 heavy (non-hydrogen) atoms. The standard InChI is InChI=1S/C16H21FN4O/c1-11(8-12-4-3-5-13(17)9-12)16-19-15(20-22-16)14-10-18-6-7-21(14)2/h3-5,9,11,14,18H,6-8,10H2,1-2H3. The van der Waals surface area contributed by atoms with Gasteiger partial charge in [-0.1, -0.05) is 24.2 Å². The van der Waals surface area contributed by atoms with Crippen LogP contribution in [-0.2, 0) is 6.42 Å². The molecule has 1 aromatic heterocycles. The third kappa shape index (κ3) is 3.34. The van der Waals surface area contributed by atoms with Gasteiger partial charge in [0.15, 0.2) is 5.82 Å². The molecule has 2 atom stereocenters. The minimum atomic E-state index is -0.217. The number of hydrogen-bond donors (Lipinski definition) is 1. The molecule has 1 N–H and O–H groups in total. The highest BCUT2D eigenvalue weighted by Crippen LogP contribution is 2.23. The molecule has 1 aliphatic rings. The summed E-state index contributed by atoms with van der Waals surface area (Å²) in [6, 6.07) is 6.78. The number of benzene rings is 1. The van der Waals surface area contributed by atoms with Crippen molar-refractivity contribution < 1.29 is 8.91 Å². The molecule has 1 fully saturated rings. The van der Waals surface area contributed by atoms with Crippen molar-refractivity contribution >= 4 is 0 Å². The van der Waals surface area contributed by atoms with Crippen molar-refractivity contribution in [3.05, 3.63) is 47.4 Å². The average molecular weight is 304 g/mol. The largest absolute Gasteiger partial charge is 0.339 e. The van der Waals surface area contributed by atoms with Gasteiger partial charge in [-0.2, -0.15) is 4.98 Å². The molecule has 1 aromatic carbocycles. The van der Waals surface area contributed by atoms with Crippen LogP contribution in [0.4, 0.5) is 4.39 Å². The monoisotopic (exact) mass is 304 g/mol. The van der Waals surface area contributed by atoms with E-state index in [0.29, 0.717) is 12.3 Å². The first kappa shape index (κ1) is 15.1. The van der Waals surface area contributed by atoms with E-state index in [-0.39, 0.29) is 17.8 Å². The lowest BCUT2D eigenvalue weighted by Gasteiger charge is -2.30. The summed E-state index contributed by atoms with van der Waals surface area (Å²) in [5, 5.41) is 7.47. The highest BCUT2D eigenvalue weighted by atomic mass is 19.1. The number of hydrogen-bond acceptors (Lipinski definition) is 5. The van der Waals surface area contributed by atoms with Crippen LogP contribution in [-0.4, -0.2) is 41.7 Å². The molecule has 5 nitrogen and oxygen atoms in total. The molecule has 0 radical (unpaired) electrons. The van der Waals surface area contributed by atoms with E-state index in [1.54, 1.807) is 12.1 Å². The Morgan fingerprint density at radius 2 is 2.36 bits per heavy atom. The molecule has 0 saturated carbocycles. The van der Waals surface area contributed by atoms with Crippen LogP contribution in [0.5, 0.6) is 0 Å². The van der Waals surface area contributed by atoms with Crippen LogP contribution in [0.3, 0.4) is 0 Å². The lowest BCUT2D eigenvalue weighted by atomic mass is 10.0. The number of piperazine rings is 1. The van der Waals surface area contributed by atoms with Crippen molar-refractivity contribution in [3.63, 3.8) is 0 Å². The topological polar surface area (TPSA) is 54.2 Å². The SMILES string of the molecule is CC(Cc1cccc(F)c1)c1nc(C2CNCCN2C)no1. The summed E-state index contributed by atoms with van der Waals surface area (Å²) in [6.45, 7) is 4.79. The summed E-state index contributed by atoms with van der Waals surface area (Å²) in [4.78, 5) is 6.77. The Labute approximate surface area is 129 Å². The Morgan fingerprint density at radius 1 is 1.50 bits per heavy atom. The summed E-state index contributed by atoms with van der Waals surface area (Å²) in [5.74, 6) is 1.17. The summed E-state index contributed by atoms with van der Waals surface area (Å²) in [5.41, 5.74) is 0.934. The normalized spacial score (nSPS) is 21.0. The third-order valence-electron chi connectivity index (χ3n) is 4.12. The molecule has 3 rings (SSSR count). The average Bonchev–Trinajstić information content (AvgIpc) is 2.97. The molecule has 2 unspecified atom stereocenters. The zero-order valence-electron chi connectivity index (χ0n) is 12.9. The molecular formula is C16H21FN4O. The second-order valence-corrected chi connectivity index (χ2v) is 5.93. The minimum absolute atomic E-state index is 0.0601. The molecule has 2 aromatic rings. The Kier molecular flexibility index (Phi) is 4.49. The van der Waals surface area contributed by atoms with Crippen molar-refractivity contribution in [3.8, 4) is 0 Å². The van der Waals surface area contributed by atoms with Crippen LogP contribution in [0.1, 0.15) is 36.2 Å². The van der Waals surface area contributed by atoms with E-state index in [1.807, 2.05) is 13.0 Å². The summed E-state index contributed by atoms with van der Waals surface area (Å²) < 4.78 is 18.7. The van der Waals surface area contributed by atoms with Crippen molar-refractivity contribution in [2.24, 2.45) is 0 Å².